The molecule has 9 nitrogen and oxygen atoms in total. The Kier molecular flexibility index (Phi) is 9.64. The Morgan fingerprint density at radius 2 is 1.86 bits per heavy atom. The number of carbonyl (C=O) groups excluding carboxylic acids is 1. The van der Waals surface area contributed by atoms with E-state index in [1.807, 2.05) is 44.2 Å². The maximum atomic E-state index is 13.4. The molecule has 10 heteroatoms. The standard InChI is InChI=1S/C25H36N4O5S/c1-18(2)16-29(35(32,33)21-10-8-20(26)9-11-21)17-23(30)22(14-19-6-4-3-5-7-19)28-25(31)24-15-27-12-13-34-24/h3-11,18,22-24,27,30H,12-17,26H2,1-2H3,(H,28,31)/t22-,23+,24+/m0/s1. The van der Waals surface area contributed by atoms with E-state index in [0.717, 1.165) is 5.56 Å². The van der Waals surface area contributed by atoms with E-state index in [9.17, 15) is 18.3 Å². The number of aliphatic hydroxyl groups excluding tert-OH is 1. The van der Waals surface area contributed by atoms with Crippen LogP contribution in [0.3, 0.4) is 0 Å². The summed E-state index contributed by atoms with van der Waals surface area (Å²) < 4.78 is 33.7. The van der Waals surface area contributed by atoms with Crippen molar-refractivity contribution in [2.75, 3.05) is 38.5 Å². The van der Waals surface area contributed by atoms with E-state index in [-0.39, 0.29) is 29.8 Å². The van der Waals surface area contributed by atoms with Gasteiger partial charge in [0.1, 0.15) is 6.10 Å². The van der Waals surface area contributed by atoms with Gasteiger partial charge < -0.3 is 26.2 Å². The van der Waals surface area contributed by atoms with Crippen LogP contribution in [0.5, 0.6) is 0 Å². The summed E-state index contributed by atoms with van der Waals surface area (Å²) in [7, 11) is -3.89. The molecule has 1 fully saturated rings. The first-order valence-electron chi connectivity index (χ1n) is 11.9. The van der Waals surface area contributed by atoms with E-state index < -0.39 is 28.3 Å². The number of rotatable bonds is 11. The zero-order valence-corrected chi connectivity index (χ0v) is 21.1. The van der Waals surface area contributed by atoms with Crippen LogP contribution in [0.15, 0.2) is 59.5 Å². The third-order valence-corrected chi connectivity index (χ3v) is 7.63. The second-order valence-electron chi connectivity index (χ2n) is 9.22. The smallest absolute Gasteiger partial charge is 0.250 e. The summed E-state index contributed by atoms with van der Waals surface area (Å²) in [5.41, 5.74) is 7.10. The number of aliphatic hydroxyl groups is 1. The van der Waals surface area contributed by atoms with Crippen LogP contribution in [-0.2, 0) is 26.0 Å². The van der Waals surface area contributed by atoms with Gasteiger partial charge in [-0.1, -0.05) is 44.2 Å². The first-order valence-corrected chi connectivity index (χ1v) is 13.3. The normalized spacial score (nSPS) is 18.4. The molecule has 2 aromatic carbocycles. The number of amides is 1. The molecule has 35 heavy (non-hydrogen) atoms. The van der Waals surface area contributed by atoms with E-state index in [2.05, 4.69) is 10.6 Å². The summed E-state index contributed by atoms with van der Waals surface area (Å²) >= 11 is 0. The lowest BCUT2D eigenvalue weighted by Gasteiger charge is -2.32. The highest BCUT2D eigenvalue weighted by Crippen LogP contribution is 2.20. The van der Waals surface area contributed by atoms with Gasteiger partial charge in [-0.25, -0.2) is 8.42 Å². The Bertz CT molecular complexity index is 1040. The van der Waals surface area contributed by atoms with Gasteiger partial charge >= 0.3 is 0 Å². The first kappa shape index (κ1) is 27.1. The number of hydrogen-bond donors (Lipinski definition) is 4. The zero-order valence-electron chi connectivity index (χ0n) is 20.3. The average Bonchev–Trinajstić information content (AvgIpc) is 2.84. The maximum absolute atomic E-state index is 13.4. The molecule has 1 aliphatic heterocycles. The summed E-state index contributed by atoms with van der Waals surface area (Å²) in [4.78, 5) is 13.0. The molecule has 1 saturated heterocycles. The van der Waals surface area contributed by atoms with E-state index in [4.69, 9.17) is 10.5 Å². The fourth-order valence-electron chi connectivity index (χ4n) is 3.96. The SMILES string of the molecule is CC(C)CN(C[C@@H](O)[C@H](Cc1ccccc1)NC(=O)[C@H]1CNCCO1)S(=O)(=O)c1ccc(N)cc1. The molecule has 2 aromatic rings. The van der Waals surface area contributed by atoms with Crippen LogP contribution in [0.1, 0.15) is 19.4 Å². The molecule has 1 aliphatic rings. The van der Waals surface area contributed by atoms with Crippen molar-refractivity contribution in [1.29, 1.82) is 0 Å². The minimum Gasteiger partial charge on any atom is -0.399 e. The number of morpholine rings is 1. The fourth-order valence-corrected chi connectivity index (χ4v) is 5.59. The minimum absolute atomic E-state index is 0.0228. The second-order valence-corrected chi connectivity index (χ2v) is 11.2. The predicted molar refractivity (Wildman–Crippen MR) is 135 cm³/mol. The van der Waals surface area contributed by atoms with Crippen LogP contribution in [0.25, 0.3) is 0 Å². The van der Waals surface area contributed by atoms with E-state index >= 15 is 0 Å². The average molecular weight is 505 g/mol. The van der Waals surface area contributed by atoms with Gasteiger partial charge in [-0.15, -0.1) is 0 Å². The number of ether oxygens (including phenoxy) is 1. The van der Waals surface area contributed by atoms with Crippen molar-refractivity contribution in [1.82, 2.24) is 14.9 Å². The molecule has 0 unspecified atom stereocenters. The molecule has 5 N–H and O–H groups in total. The highest BCUT2D eigenvalue weighted by atomic mass is 32.2. The summed E-state index contributed by atoms with van der Waals surface area (Å²) in [6.45, 7) is 5.34. The van der Waals surface area contributed by atoms with Gasteiger partial charge in [0.05, 0.1) is 23.6 Å². The fraction of sp³-hybridized carbons (Fsp3) is 0.480. The second kappa shape index (κ2) is 12.5. The van der Waals surface area contributed by atoms with Gasteiger partial charge in [0.2, 0.25) is 10.0 Å². The molecule has 192 valence electrons. The van der Waals surface area contributed by atoms with Crippen LogP contribution >= 0.6 is 0 Å². The number of hydrogen-bond acceptors (Lipinski definition) is 7. The summed E-state index contributed by atoms with van der Waals surface area (Å²) in [6.07, 6.45) is -1.48. The van der Waals surface area contributed by atoms with E-state index in [0.29, 0.717) is 31.8 Å². The van der Waals surface area contributed by atoms with Gasteiger partial charge in [-0.3, -0.25) is 4.79 Å². The van der Waals surface area contributed by atoms with Crippen molar-refractivity contribution in [3.63, 3.8) is 0 Å². The molecular formula is C25H36N4O5S. The first-order chi connectivity index (χ1) is 16.7. The van der Waals surface area contributed by atoms with Crippen LogP contribution in [0.2, 0.25) is 0 Å². The molecule has 3 rings (SSSR count). The number of nitrogens with two attached hydrogens (primary N) is 1. The summed E-state index contributed by atoms with van der Waals surface area (Å²) in [6, 6.07) is 14.7. The topological polar surface area (TPSA) is 134 Å². The third kappa shape index (κ3) is 7.74. The zero-order chi connectivity index (χ0) is 25.4. The Morgan fingerprint density at radius 1 is 1.17 bits per heavy atom. The Hall–Kier alpha value is -2.50. The van der Waals surface area contributed by atoms with Crippen LogP contribution < -0.4 is 16.4 Å². The Labute approximate surface area is 207 Å². The van der Waals surface area contributed by atoms with Gasteiger partial charge in [0.15, 0.2) is 0 Å². The number of anilines is 1. The van der Waals surface area contributed by atoms with Crippen molar-refractivity contribution in [3.05, 3.63) is 60.2 Å². The monoisotopic (exact) mass is 504 g/mol. The van der Waals surface area contributed by atoms with Crippen molar-refractivity contribution in [3.8, 4) is 0 Å². The van der Waals surface area contributed by atoms with Crippen molar-refractivity contribution in [2.45, 2.75) is 43.4 Å². The lowest BCUT2D eigenvalue weighted by atomic mass is 10.0. The van der Waals surface area contributed by atoms with Crippen LogP contribution in [0, 0.1) is 5.92 Å². The van der Waals surface area contributed by atoms with E-state index in [1.54, 1.807) is 0 Å². The molecule has 1 amide bonds. The number of nitrogens with zero attached hydrogens (tertiary/aromatic N) is 1. The van der Waals surface area contributed by atoms with Gasteiger partial charge in [-0.2, -0.15) is 4.31 Å². The number of sulfonamides is 1. The number of nitrogens with one attached hydrogen (secondary N) is 2. The molecule has 0 bridgehead atoms. The largest absolute Gasteiger partial charge is 0.399 e. The molecule has 0 spiro atoms. The lowest BCUT2D eigenvalue weighted by Crippen LogP contribution is -2.55. The van der Waals surface area contributed by atoms with Gasteiger partial charge in [0, 0.05) is 31.9 Å². The third-order valence-electron chi connectivity index (χ3n) is 5.79. The number of carbonyl (C=O) groups is 1. The molecule has 3 atom stereocenters. The minimum atomic E-state index is -3.89. The number of benzene rings is 2. The van der Waals surface area contributed by atoms with Crippen molar-refractivity contribution >= 4 is 21.6 Å². The number of nitrogen functional groups attached to an aromatic ring is 1. The molecule has 1 heterocycles. The molecule has 0 radical (unpaired) electrons. The van der Waals surface area contributed by atoms with Crippen molar-refractivity contribution < 1.29 is 23.1 Å². The Morgan fingerprint density at radius 3 is 2.46 bits per heavy atom. The molecule has 0 aromatic heterocycles. The predicted octanol–water partition coefficient (Wildman–Crippen LogP) is 0.992. The highest BCUT2D eigenvalue weighted by Gasteiger charge is 2.33. The summed E-state index contributed by atoms with van der Waals surface area (Å²) in [5, 5.41) is 17.3. The van der Waals surface area contributed by atoms with E-state index in [1.165, 1.54) is 28.6 Å². The van der Waals surface area contributed by atoms with Crippen LogP contribution in [0.4, 0.5) is 5.69 Å². The van der Waals surface area contributed by atoms with Gasteiger partial charge in [-0.05, 0) is 42.2 Å². The summed E-state index contributed by atoms with van der Waals surface area (Å²) in [5.74, 6) is -0.316. The van der Waals surface area contributed by atoms with Crippen LogP contribution in [-0.4, -0.2) is 74.8 Å². The molecule has 0 aliphatic carbocycles. The maximum Gasteiger partial charge on any atom is 0.250 e. The molecular weight excluding hydrogens is 468 g/mol. The highest BCUT2D eigenvalue weighted by molar-refractivity contribution is 7.89. The van der Waals surface area contributed by atoms with Crippen molar-refractivity contribution in [2.24, 2.45) is 5.92 Å². The van der Waals surface area contributed by atoms with Gasteiger partial charge in [0.25, 0.3) is 5.91 Å². The lowest BCUT2D eigenvalue weighted by molar-refractivity contribution is -0.135. The quantitative estimate of drug-likeness (QED) is 0.335. The Balaban J connectivity index is 1.82. The molecule has 0 saturated carbocycles.